The molecule has 98 valence electrons. The molecule has 1 aliphatic rings. The molecular weight excluding hydrogens is 247 g/mol. The lowest BCUT2D eigenvalue weighted by molar-refractivity contribution is -0.197. The first-order chi connectivity index (χ1) is 8.38. The first kappa shape index (κ1) is 12.8. The fourth-order valence-electron chi connectivity index (χ4n) is 2.11. The zero-order valence-electron chi connectivity index (χ0n) is 9.42. The first-order valence-corrected chi connectivity index (χ1v) is 5.40. The molecule has 0 aromatic carbocycles. The number of nitrogens with one attached hydrogen (secondary N) is 1. The zero-order valence-corrected chi connectivity index (χ0v) is 9.42. The molecule has 1 fully saturated rings. The number of Topliss-reactive ketones (excluding diaryl/α,β-unsaturated/α-hetero) is 1. The lowest BCUT2D eigenvalue weighted by Gasteiger charge is -2.29. The first-order valence-electron chi connectivity index (χ1n) is 5.40. The van der Waals surface area contributed by atoms with Crippen molar-refractivity contribution in [1.82, 2.24) is 10.3 Å². The van der Waals surface area contributed by atoms with Crippen LogP contribution in [0.25, 0.3) is 0 Å². The monoisotopic (exact) mass is 259 g/mol. The average molecular weight is 259 g/mol. The standard InChI is InChI=1S/C11H12F3N3O/c12-11(13,14)10(2-4-17-6-10)9(18)7-5-16-3-1-8(7)15/h1,3,5,17H,2,4,6H2,(H2,15,16). The van der Waals surface area contributed by atoms with E-state index in [0.717, 1.165) is 6.20 Å². The molecule has 1 atom stereocenters. The van der Waals surface area contributed by atoms with Crippen LogP contribution in [0.15, 0.2) is 18.5 Å². The second-order valence-electron chi connectivity index (χ2n) is 4.30. The van der Waals surface area contributed by atoms with Gasteiger partial charge in [0.1, 0.15) is 5.41 Å². The van der Waals surface area contributed by atoms with Crippen molar-refractivity contribution in [2.24, 2.45) is 5.41 Å². The molecule has 0 spiro atoms. The highest BCUT2D eigenvalue weighted by molar-refractivity contribution is 6.05. The van der Waals surface area contributed by atoms with Crippen LogP contribution in [0.1, 0.15) is 16.8 Å². The molecule has 1 aromatic heterocycles. The van der Waals surface area contributed by atoms with Gasteiger partial charge in [-0.15, -0.1) is 0 Å². The predicted molar refractivity (Wildman–Crippen MR) is 59.0 cm³/mol. The number of hydrogen-bond acceptors (Lipinski definition) is 4. The second-order valence-corrected chi connectivity index (χ2v) is 4.30. The fourth-order valence-corrected chi connectivity index (χ4v) is 2.11. The van der Waals surface area contributed by atoms with E-state index < -0.39 is 23.9 Å². The van der Waals surface area contributed by atoms with E-state index in [9.17, 15) is 18.0 Å². The van der Waals surface area contributed by atoms with Gasteiger partial charge in [-0.3, -0.25) is 9.78 Å². The molecule has 1 aliphatic heterocycles. The Morgan fingerprint density at radius 2 is 2.22 bits per heavy atom. The van der Waals surface area contributed by atoms with Gasteiger partial charge in [-0.05, 0) is 19.0 Å². The van der Waals surface area contributed by atoms with E-state index in [-0.39, 0.29) is 24.2 Å². The molecule has 1 unspecified atom stereocenters. The van der Waals surface area contributed by atoms with Crippen molar-refractivity contribution in [1.29, 1.82) is 0 Å². The van der Waals surface area contributed by atoms with Crippen molar-refractivity contribution in [2.45, 2.75) is 12.6 Å². The number of pyridine rings is 1. The maximum atomic E-state index is 13.2. The SMILES string of the molecule is Nc1ccncc1C(=O)C1(C(F)(F)F)CCNC1. The minimum Gasteiger partial charge on any atom is -0.398 e. The third-order valence-corrected chi connectivity index (χ3v) is 3.23. The Kier molecular flexibility index (Phi) is 3.02. The number of aromatic nitrogens is 1. The minimum absolute atomic E-state index is 0.0190. The number of carbonyl (C=O) groups excluding carboxylic acids is 1. The molecule has 2 rings (SSSR count). The van der Waals surface area contributed by atoms with Crippen molar-refractivity contribution in [3.05, 3.63) is 24.0 Å². The number of rotatable bonds is 2. The summed E-state index contributed by atoms with van der Waals surface area (Å²) in [6, 6.07) is 1.32. The van der Waals surface area contributed by atoms with Crippen molar-refractivity contribution < 1.29 is 18.0 Å². The zero-order chi connectivity index (χ0) is 13.4. The molecule has 0 amide bonds. The quantitative estimate of drug-likeness (QED) is 0.787. The molecule has 7 heteroatoms. The van der Waals surface area contributed by atoms with E-state index in [1.165, 1.54) is 12.3 Å². The van der Waals surface area contributed by atoms with Gasteiger partial charge in [0, 0.05) is 24.6 Å². The van der Waals surface area contributed by atoms with Crippen LogP contribution in [0.4, 0.5) is 18.9 Å². The Morgan fingerprint density at radius 3 is 2.72 bits per heavy atom. The third kappa shape index (κ3) is 1.84. The largest absolute Gasteiger partial charge is 0.402 e. The van der Waals surface area contributed by atoms with E-state index in [0.29, 0.717) is 0 Å². The van der Waals surface area contributed by atoms with Gasteiger partial charge in [-0.2, -0.15) is 13.2 Å². The minimum atomic E-state index is -4.60. The topological polar surface area (TPSA) is 68.0 Å². The van der Waals surface area contributed by atoms with Gasteiger partial charge in [-0.25, -0.2) is 0 Å². The van der Waals surface area contributed by atoms with Crippen molar-refractivity contribution in [2.75, 3.05) is 18.8 Å². The number of nitrogen functional groups attached to an aromatic ring is 1. The summed E-state index contributed by atoms with van der Waals surface area (Å²) in [5, 5.41) is 2.59. The summed E-state index contributed by atoms with van der Waals surface area (Å²) in [4.78, 5) is 15.8. The van der Waals surface area contributed by atoms with Gasteiger partial charge in [0.15, 0.2) is 5.78 Å². The molecule has 0 aliphatic carbocycles. The Labute approximate surface area is 101 Å². The normalized spacial score (nSPS) is 24.2. The lowest BCUT2D eigenvalue weighted by Crippen LogP contribution is -2.47. The van der Waals surface area contributed by atoms with E-state index in [1.807, 2.05) is 0 Å². The number of alkyl halides is 3. The van der Waals surface area contributed by atoms with Crippen molar-refractivity contribution >= 4 is 11.5 Å². The van der Waals surface area contributed by atoms with E-state index in [1.54, 1.807) is 0 Å². The van der Waals surface area contributed by atoms with Gasteiger partial charge in [0.2, 0.25) is 0 Å². The van der Waals surface area contributed by atoms with Crippen LogP contribution in [0.2, 0.25) is 0 Å². The number of anilines is 1. The third-order valence-electron chi connectivity index (χ3n) is 3.23. The summed E-state index contributed by atoms with van der Waals surface area (Å²) in [6.07, 6.45) is -2.46. The molecular formula is C11H12F3N3O. The van der Waals surface area contributed by atoms with Crippen LogP contribution in [0.5, 0.6) is 0 Å². The van der Waals surface area contributed by atoms with Crippen LogP contribution in [-0.4, -0.2) is 30.0 Å². The molecule has 2 heterocycles. The molecule has 0 bridgehead atoms. The van der Waals surface area contributed by atoms with Crippen LogP contribution in [0.3, 0.4) is 0 Å². The number of ketones is 1. The summed E-state index contributed by atoms with van der Waals surface area (Å²) in [5.41, 5.74) is 3.01. The van der Waals surface area contributed by atoms with Crippen LogP contribution >= 0.6 is 0 Å². The average Bonchev–Trinajstić information content (AvgIpc) is 2.78. The van der Waals surface area contributed by atoms with Crippen LogP contribution in [0, 0.1) is 5.41 Å². The number of nitrogens with two attached hydrogens (primary N) is 1. The Bertz CT molecular complexity index is 467. The summed E-state index contributed by atoms with van der Waals surface area (Å²) >= 11 is 0. The molecule has 1 saturated heterocycles. The molecule has 3 N–H and O–H groups in total. The van der Waals surface area contributed by atoms with Crippen LogP contribution < -0.4 is 11.1 Å². The Hall–Kier alpha value is -1.63. The Morgan fingerprint density at radius 1 is 1.50 bits per heavy atom. The molecule has 0 saturated carbocycles. The highest BCUT2D eigenvalue weighted by Gasteiger charge is 2.61. The number of halogens is 3. The highest BCUT2D eigenvalue weighted by atomic mass is 19.4. The van der Waals surface area contributed by atoms with E-state index in [2.05, 4.69) is 10.3 Å². The number of carbonyl (C=O) groups is 1. The van der Waals surface area contributed by atoms with Gasteiger partial charge in [0.05, 0.1) is 5.56 Å². The van der Waals surface area contributed by atoms with E-state index in [4.69, 9.17) is 5.73 Å². The molecule has 18 heavy (non-hydrogen) atoms. The maximum absolute atomic E-state index is 13.2. The lowest BCUT2D eigenvalue weighted by atomic mass is 9.78. The highest BCUT2D eigenvalue weighted by Crippen LogP contribution is 2.45. The van der Waals surface area contributed by atoms with Gasteiger partial charge in [0.25, 0.3) is 0 Å². The van der Waals surface area contributed by atoms with Gasteiger partial charge >= 0.3 is 6.18 Å². The van der Waals surface area contributed by atoms with Crippen LogP contribution in [-0.2, 0) is 0 Å². The summed E-state index contributed by atoms with van der Waals surface area (Å²) in [5.74, 6) is -1.01. The summed E-state index contributed by atoms with van der Waals surface area (Å²) in [7, 11) is 0. The van der Waals surface area contributed by atoms with Gasteiger partial charge < -0.3 is 11.1 Å². The van der Waals surface area contributed by atoms with Gasteiger partial charge in [-0.1, -0.05) is 0 Å². The smallest absolute Gasteiger partial charge is 0.398 e. The molecule has 0 radical (unpaired) electrons. The Balaban J connectivity index is 2.46. The van der Waals surface area contributed by atoms with Crippen molar-refractivity contribution in [3.63, 3.8) is 0 Å². The predicted octanol–water partition coefficient (Wildman–Crippen LogP) is 1.39. The fraction of sp³-hybridized carbons (Fsp3) is 0.455. The molecule has 1 aromatic rings. The second kappa shape index (κ2) is 4.24. The number of hydrogen-bond donors (Lipinski definition) is 2. The van der Waals surface area contributed by atoms with E-state index >= 15 is 0 Å². The summed E-state index contributed by atoms with van der Waals surface area (Å²) < 4.78 is 39.5. The number of nitrogens with zero attached hydrogens (tertiary/aromatic N) is 1. The summed E-state index contributed by atoms with van der Waals surface area (Å²) in [6.45, 7) is -0.255. The maximum Gasteiger partial charge on any atom is 0.402 e. The molecule has 4 nitrogen and oxygen atoms in total. The van der Waals surface area contributed by atoms with Crippen molar-refractivity contribution in [3.8, 4) is 0 Å².